The van der Waals surface area contributed by atoms with Crippen molar-refractivity contribution in [2.75, 3.05) is 31.6 Å². The number of hydrogen-bond acceptors (Lipinski definition) is 7. The van der Waals surface area contributed by atoms with Crippen LogP contribution >= 0.6 is 11.3 Å². The lowest BCUT2D eigenvalue weighted by Gasteiger charge is -2.14. The lowest BCUT2D eigenvalue weighted by Crippen LogP contribution is -2.32. The Morgan fingerprint density at radius 3 is 2.72 bits per heavy atom. The number of hydrogen-bond donors (Lipinski definition) is 1. The maximum atomic E-state index is 12.9. The molecule has 0 spiro atoms. The van der Waals surface area contributed by atoms with E-state index in [1.807, 2.05) is 26.0 Å². The van der Waals surface area contributed by atoms with Crippen molar-refractivity contribution in [2.45, 2.75) is 45.7 Å². The van der Waals surface area contributed by atoms with Gasteiger partial charge in [0.1, 0.15) is 27.4 Å². The summed E-state index contributed by atoms with van der Waals surface area (Å²) < 4.78 is 8.29. The van der Waals surface area contributed by atoms with Crippen LogP contribution in [-0.2, 0) is 17.7 Å². The molecule has 0 unspecified atom stereocenters. The van der Waals surface area contributed by atoms with E-state index in [-0.39, 0.29) is 11.6 Å². The maximum absolute atomic E-state index is 12.9. The highest BCUT2D eigenvalue weighted by atomic mass is 32.1. The molecule has 1 saturated heterocycles. The Bertz CT molecular complexity index is 1200. The van der Waals surface area contributed by atoms with Crippen molar-refractivity contribution in [3.05, 3.63) is 49.4 Å². The fraction of sp³-hybridized carbons (Fsp3) is 0.458. The molecule has 2 aliphatic heterocycles. The Morgan fingerprint density at radius 1 is 1.34 bits per heavy atom. The Kier molecular flexibility index (Phi) is 7.08. The first-order valence-electron chi connectivity index (χ1n) is 11.2. The van der Waals surface area contributed by atoms with Gasteiger partial charge < -0.3 is 15.0 Å². The van der Waals surface area contributed by atoms with Gasteiger partial charge in [-0.15, -0.1) is 11.3 Å². The first-order valence-corrected chi connectivity index (χ1v) is 12.0. The smallest absolute Gasteiger partial charge is 0.270 e. The molecular formula is C24H29N5O2S. The van der Waals surface area contributed by atoms with Gasteiger partial charge in [0.05, 0.1) is 6.04 Å². The number of nitrogens with one attached hydrogen (secondary N) is 1. The second-order valence-electron chi connectivity index (χ2n) is 8.19. The van der Waals surface area contributed by atoms with E-state index in [2.05, 4.69) is 33.4 Å². The monoisotopic (exact) mass is 451 g/mol. The van der Waals surface area contributed by atoms with Crippen LogP contribution in [0, 0.1) is 11.3 Å². The van der Waals surface area contributed by atoms with Crippen molar-refractivity contribution in [3.8, 4) is 6.07 Å². The van der Waals surface area contributed by atoms with Gasteiger partial charge in [0.15, 0.2) is 0 Å². The van der Waals surface area contributed by atoms with Crippen molar-refractivity contribution >= 4 is 34.7 Å². The number of benzene rings is 1. The number of nitriles is 1. The summed E-state index contributed by atoms with van der Waals surface area (Å²) in [6, 6.07) is 10.5. The number of rotatable bonds is 7. The second kappa shape index (κ2) is 10.2. The molecule has 1 aromatic heterocycles. The highest BCUT2D eigenvalue weighted by Crippen LogP contribution is 2.13. The first-order chi connectivity index (χ1) is 15.6. The average Bonchev–Trinajstić information content (AvgIpc) is 3.54. The minimum atomic E-state index is -0.123. The zero-order chi connectivity index (χ0) is 22.5. The van der Waals surface area contributed by atoms with Gasteiger partial charge in [0.25, 0.3) is 5.56 Å². The molecule has 1 atom stereocenters. The number of aliphatic imine (C=N–C) groups is 1. The van der Waals surface area contributed by atoms with Crippen LogP contribution in [0.4, 0.5) is 5.69 Å². The average molecular weight is 452 g/mol. The fourth-order valence-electron chi connectivity index (χ4n) is 4.00. The highest BCUT2D eigenvalue weighted by molar-refractivity contribution is 7.07. The molecule has 0 bridgehead atoms. The third-order valence-corrected chi connectivity index (χ3v) is 6.93. The molecule has 0 amide bonds. The van der Waals surface area contributed by atoms with Gasteiger partial charge >= 0.3 is 0 Å². The van der Waals surface area contributed by atoms with Gasteiger partial charge in [-0.05, 0) is 63.9 Å². The van der Waals surface area contributed by atoms with E-state index in [9.17, 15) is 10.1 Å². The van der Waals surface area contributed by atoms with Crippen molar-refractivity contribution in [1.82, 2.24) is 9.47 Å². The van der Waals surface area contributed by atoms with E-state index in [4.69, 9.17) is 4.74 Å². The van der Waals surface area contributed by atoms with E-state index in [0.717, 1.165) is 18.7 Å². The van der Waals surface area contributed by atoms with Gasteiger partial charge in [-0.2, -0.15) is 5.26 Å². The Balaban J connectivity index is 1.54. The summed E-state index contributed by atoms with van der Waals surface area (Å²) >= 11 is 1.28. The number of ether oxygens (including phenoxy) is 1. The standard InChI is InChI=1S/C24H29N5O2S/c1-3-29-23(30)21(32-24(29)20(14-25)22-27-17(2)16-31-22)15-26-19-8-6-18(7-9-19)10-13-28-11-4-5-12-28/h6-9,15,17,26H,3-5,10-13,16H2,1-2H3/t17-/m0/s1. The quantitative estimate of drug-likeness (QED) is 0.695. The van der Waals surface area contributed by atoms with E-state index < -0.39 is 0 Å². The predicted octanol–water partition coefficient (Wildman–Crippen LogP) is 1.91. The summed E-state index contributed by atoms with van der Waals surface area (Å²) in [5, 5.41) is 12.9. The molecule has 1 N–H and O–H groups in total. The Morgan fingerprint density at radius 2 is 2.09 bits per heavy atom. The van der Waals surface area contributed by atoms with Crippen LogP contribution in [0.15, 0.2) is 34.1 Å². The van der Waals surface area contributed by atoms with Crippen LogP contribution in [-0.4, -0.2) is 47.6 Å². The van der Waals surface area contributed by atoms with Crippen LogP contribution in [0.2, 0.25) is 0 Å². The van der Waals surface area contributed by atoms with Crippen LogP contribution < -0.4 is 20.1 Å². The van der Waals surface area contributed by atoms with Crippen molar-refractivity contribution < 1.29 is 4.74 Å². The van der Waals surface area contributed by atoms with Crippen LogP contribution in [0.1, 0.15) is 32.3 Å². The SMILES string of the molecule is CCn1c(=C(C#N)C2=N[C@@H](C)CO2)sc(=CNc2ccc(CCN3CCCC3)cc2)c1=O. The van der Waals surface area contributed by atoms with Crippen LogP contribution in [0.25, 0.3) is 11.8 Å². The maximum Gasteiger partial charge on any atom is 0.270 e. The predicted molar refractivity (Wildman–Crippen MR) is 129 cm³/mol. The third-order valence-electron chi connectivity index (χ3n) is 5.80. The van der Waals surface area contributed by atoms with Gasteiger partial charge in [0, 0.05) is 25.0 Å². The van der Waals surface area contributed by atoms with Gasteiger partial charge in [-0.1, -0.05) is 12.1 Å². The molecular weight excluding hydrogens is 422 g/mol. The number of likely N-dealkylation sites (tertiary alicyclic amines) is 1. The summed E-state index contributed by atoms with van der Waals surface area (Å²) in [5.41, 5.74) is 2.44. The van der Waals surface area contributed by atoms with E-state index in [1.165, 1.54) is 42.8 Å². The zero-order valence-corrected chi connectivity index (χ0v) is 19.5. The normalized spacial score (nSPS) is 20.1. The molecule has 1 aromatic carbocycles. The molecule has 0 aliphatic carbocycles. The summed E-state index contributed by atoms with van der Waals surface area (Å²) in [6.45, 7) is 8.30. The molecule has 2 aliphatic rings. The van der Waals surface area contributed by atoms with E-state index in [1.54, 1.807) is 10.8 Å². The van der Waals surface area contributed by atoms with Crippen LogP contribution in [0.3, 0.4) is 0 Å². The molecule has 0 radical (unpaired) electrons. The lowest BCUT2D eigenvalue weighted by molar-refractivity contribution is 0.326. The number of thiazole rings is 1. The van der Waals surface area contributed by atoms with Crippen molar-refractivity contribution in [3.63, 3.8) is 0 Å². The summed E-state index contributed by atoms with van der Waals surface area (Å²) in [7, 11) is 0. The molecule has 3 heterocycles. The summed E-state index contributed by atoms with van der Waals surface area (Å²) in [5.74, 6) is 0.326. The van der Waals surface area contributed by atoms with Gasteiger partial charge in [0.2, 0.25) is 5.90 Å². The molecule has 8 heteroatoms. The highest BCUT2D eigenvalue weighted by Gasteiger charge is 2.21. The number of aromatic nitrogens is 1. The van der Waals surface area contributed by atoms with Gasteiger partial charge in [-0.25, -0.2) is 4.99 Å². The minimum absolute atomic E-state index is 0.0149. The molecule has 32 heavy (non-hydrogen) atoms. The molecule has 7 nitrogen and oxygen atoms in total. The molecule has 2 aromatic rings. The molecule has 168 valence electrons. The van der Waals surface area contributed by atoms with Gasteiger partial charge in [-0.3, -0.25) is 9.36 Å². The van der Waals surface area contributed by atoms with E-state index >= 15 is 0 Å². The first kappa shape index (κ1) is 22.3. The molecule has 1 fully saturated rings. The third kappa shape index (κ3) is 4.95. The number of anilines is 1. The summed E-state index contributed by atoms with van der Waals surface area (Å²) in [4.78, 5) is 19.8. The van der Waals surface area contributed by atoms with Crippen molar-refractivity contribution in [2.24, 2.45) is 4.99 Å². The molecule has 4 rings (SSSR count). The largest absolute Gasteiger partial charge is 0.475 e. The number of nitrogens with zero attached hydrogens (tertiary/aromatic N) is 4. The Hall–Kier alpha value is -2.89. The van der Waals surface area contributed by atoms with Crippen LogP contribution in [0.5, 0.6) is 0 Å². The van der Waals surface area contributed by atoms with E-state index in [0.29, 0.717) is 33.8 Å². The topological polar surface area (TPSA) is 82.7 Å². The second-order valence-corrected chi connectivity index (χ2v) is 9.22. The zero-order valence-electron chi connectivity index (χ0n) is 18.6. The minimum Gasteiger partial charge on any atom is -0.475 e. The summed E-state index contributed by atoms with van der Waals surface area (Å²) in [6.07, 6.45) is 5.40. The lowest BCUT2D eigenvalue weighted by atomic mass is 10.1. The molecule has 0 saturated carbocycles. The fourth-order valence-corrected chi connectivity index (χ4v) is 5.08. The van der Waals surface area contributed by atoms with Crippen molar-refractivity contribution in [1.29, 1.82) is 5.26 Å². The Labute approximate surface area is 192 Å².